The summed E-state index contributed by atoms with van der Waals surface area (Å²) in [5.41, 5.74) is 2.45. The first kappa shape index (κ1) is 41.3. The van der Waals surface area contributed by atoms with Gasteiger partial charge in [-0.15, -0.1) is 0 Å². The smallest absolute Gasteiger partial charge is 0.294 e. The molecule has 0 aliphatic carbocycles. The zero-order valence-corrected chi connectivity index (χ0v) is 32.0. The van der Waals surface area contributed by atoms with Gasteiger partial charge in [0.25, 0.3) is 26.1 Å². The molecule has 0 bridgehead atoms. The maximum absolute atomic E-state index is 14.0. The van der Waals surface area contributed by atoms with Gasteiger partial charge >= 0.3 is 0 Å². The van der Waals surface area contributed by atoms with E-state index in [1.807, 2.05) is 34.6 Å². The fraction of sp³-hybridized carbons (Fsp3) is 0.378. The Balaban J connectivity index is 0.000000232. The fourth-order valence-electron chi connectivity index (χ4n) is 6.00. The molecular weight excluding hydrogens is 726 g/mol. The first-order valence-corrected chi connectivity index (χ1v) is 19.9. The number of rotatable bonds is 8. The van der Waals surface area contributed by atoms with Gasteiger partial charge in [-0.2, -0.15) is 16.8 Å². The molecular formula is C37H46FN5O8S2. The van der Waals surface area contributed by atoms with E-state index in [4.69, 9.17) is 13.8 Å². The fourth-order valence-corrected chi connectivity index (χ4v) is 6.96. The van der Waals surface area contributed by atoms with Crippen LogP contribution in [-0.4, -0.2) is 85.5 Å². The second kappa shape index (κ2) is 17.6. The van der Waals surface area contributed by atoms with E-state index in [2.05, 4.69) is 20.2 Å². The molecule has 286 valence electrons. The Kier molecular flexibility index (Phi) is 13.7. The molecule has 2 aliphatic rings. The number of aryl methyl sites for hydroxylation is 2. The number of hydrogen-bond donors (Lipinski definition) is 3. The van der Waals surface area contributed by atoms with Crippen LogP contribution in [0.25, 0.3) is 0 Å². The van der Waals surface area contributed by atoms with Gasteiger partial charge in [-0.05, 0) is 103 Å². The number of hydrogen-bond acceptors (Lipinski definition) is 10. The third kappa shape index (κ3) is 11.3. The van der Waals surface area contributed by atoms with Gasteiger partial charge in [0.1, 0.15) is 17.9 Å². The van der Waals surface area contributed by atoms with Gasteiger partial charge in [-0.25, -0.2) is 14.4 Å². The van der Waals surface area contributed by atoms with Crippen molar-refractivity contribution in [3.63, 3.8) is 0 Å². The lowest BCUT2D eigenvalue weighted by molar-refractivity contribution is 0.0713. The van der Waals surface area contributed by atoms with E-state index in [1.54, 1.807) is 35.4 Å². The molecule has 53 heavy (non-hydrogen) atoms. The normalized spacial score (nSPS) is 15.0. The number of nitrogens with one attached hydrogen (secondary N) is 1. The van der Waals surface area contributed by atoms with Crippen molar-refractivity contribution in [1.82, 2.24) is 20.2 Å². The number of ether oxygens (including phenoxy) is 1. The molecule has 1 spiro atoms. The second-order valence-electron chi connectivity index (χ2n) is 13.3. The Bertz CT molecular complexity index is 1990. The molecule has 0 atom stereocenters. The third-order valence-corrected chi connectivity index (χ3v) is 10.7. The van der Waals surface area contributed by atoms with Crippen LogP contribution in [0.4, 0.5) is 10.2 Å². The molecule has 3 aromatic carbocycles. The average molecular weight is 772 g/mol. The van der Waals surface area contributed by atoms with E-state index in [9.17, 15) is 26.0 Å². The van der Waals surface area contributed by atoms with Gasteiger partial charge in [0.15, 0.2) is 11.6 Å². The Morgan fingerprint density at radius 2 is 1.43 bits per heavy atom. The zero-order valence-electron chi connectivity index (χ0n) is 30.4. The van der Waals surface area contributed by atoms with Crippen LogP contribution in [-0.2, 0) is 20.2 Å². The minimum atomic E-state index is -4.02. The van der Waals surface area contributed by atoms with Gasteiger partial charge in [-0.3, -0.25) is 13.9 Å². The average Bonchev–Trinajstić information content (AvgIpc) is 3.09. The summed E-state index contributed by atoms with van der Waals surface area (Å²) in [7, 11) is -8.04. The molecule has 4 aromatic rings. The van der Waals surface area contributed by atoms with Crippen molar-refractivity contribution in [3.8, 4) is 11.5 Å². The van der Waals surface area contributed by atoms with E-state index in [0.717, 1.165) is 50.1 Å². The van der Waals surface area contributed by atoms with Crippen LogP contribution >= 0.6 is 0 Å². The van der Waals surface area contributed by atoms with Crippen LogP contribution in [0.1, 0.15) is 55.1 Å². The molecule has 3 N–H and O–H groups in total. The Labute approximate surface area is 310 Å². The van der Waals surface area contributed by atoms with Gasteiger partial charge < -0.3 is 19.9 Å². The number of amides is 1. The molecule has 0 saturated carbocycles. The minimum Gasteiger partial charge on any atom is -0.451 e. The lowest BCUT2D eigenvalue weighted by atomic mass is 9.72. The molecule has 0 radical (unpaired) electrons. The lowest BCUT2D eigenvalue weighted by Crippen LogP contribution is -2.60. The highest BCUT2D eigenvalue weighted by Crippen LogP contribution is 2.43. The molecule has 2 aliphatic heterocycles. The van der Waals surface area contributed by atoms with Gasteiger partial charge in [0.05, 0.1) is 21.6 Å². The maximum Gasteiger partial charge on any atom is 0.294 e. The molecule has 2 fully saturated rings. The number of anilines is 1. The van der Waals surface area contributed by atoms with E-state index < -0.39 is 26.1 Å². The van der Waals surface area contributed by atoms with Crippen molar-refractivity contribution in [1.29, 1.82) is 0 Å². The molecule has 3 heterocycles. The predicted molar refractivity (Wildman–Crippen MR) is 199 cm³/mol. The van der Waals surface area contributed by atoms with Crippen molar-refractivity contribution >= 4 is 32.0 Å². The van der Waals surface area contributed by atoms with Crippen molar-refractivity contribution in [2.45, 2.75) is 63.3 Å². The Morgan fingerprint density at radius 3 is 1.91 bits per heavy atom. The summed E-state index contributed by atoms with van der Waals surface area (Å²) in [5.74, 6) is 0.745. The van der Waals surface area contributed by atoms with E-state index in [-0.39, 0.29) is 27.3 Å². The van der Waals surface area contributed by atoms with E-state index in [0.29, 0.717) is 29.3 Å². The largest absolute Gasteiger partial charge is 0.451 e. The summed E-state index contributed by atoms with van der Waals surface area (Å²) >= 11 is 0. The monoisotopic (exact) mass is 771 g/mol. The van der Waals surface area contributed by atoms with E-state index in [1.165, 1.54) is 48.8 Å². The molecule has 6 rings (SSSR count). The van der Waals surface area contributed by atoms with Gasteiger partial charge in [-0.1, -0.05) is 35.4 Å². The van der Waals surface area contributed by atoms with Crippen LogP contribution in [0.15, 0.2) is 89.0 Å². The first-order chi connectivity index (χ1) is 24.9. The van der Waals surface area contributed by atoms with Crippen molar-refractivity contribution in [2.24, 2.45) is 5.41 Å². The molecule has 13 nitrogen and oxygen atoms in total. The van der Waals surface area contributed by atoms with Crippen LogP contribution < -0.4 is 15.0 Å². The SMILES string of the molecule is CCN(C(=O)c1cc(F)ccc1Oc1cncnc1N1CC2(CCNCC2)C1)C(C)C.Cc1ccc(S(=O)(=O)O)cc1.Cc1ccc(S(=O)(=O)O)cc1. The topological polar surface area (TPSA) is 179 Å². The second-order valence-corrected chi connectivity index (χ2v) is 16.2. The summed E-state index contributed by atoms with van der Waals surface area (Å²) in [5, 5.41) is 3.41. The molecule has 1 aromatic heterocycles. The molecule has 1 amide bonds. The van der Waals surface area contributed by atoms with Crippen LogP contribution in [0.2, 0.25) is 0 Å². The summed E-state index contributed by atoms with van der Waals surface area (Å²) < 4.78 is 79.3. The maximum atomic E-state index is 14.0. The number of nitrogens with zero attached hydrogens (tertiary/aromatic N) is 4. The number of carbonyl (C=O) groups is 1. The molecule has 2 saturated heterocycles. The number of halogens is 1. The number of benzene rings is 3. The van der Waals surface area contributed by atoms with Crippen molar-refractivity contribution in [3.05, 3.63) is 102 Å². The first-order valence-electron chi connectivity index (χ1n) is 17.0. The molecule has 0 unspecified atom stereocenters. The Hall–Kier alpha value is -4.48. The van der Waals surface area contributed by atoms with Crippen LogP contribution in [0.5, 0.6) is 11.5 Å². The lowest BCUT2D eigenvalue weighted by Gasteiger charge is -2.53. The van der Waals surface area contributed by atoms with Crippen molar-refractivity contribution < 1.29 is 39.9 Å². The number of aromatic nitrogens is 2. The standard InChI is InChI=1S/C23H30FN5O2.2C7H8O3S/c1-4-29(16(2)3)22(30)18-11-17(24)5-6-19(18)31-20-12-26-15-27-21(20)28-13-23(14-28)7-9-25-10-8-23;2*1-6-2-4-7(5-3-6)11(8,9)10/h5-6,11-12,15-16,25H,4,7-10,13-14H2,1-3H3;2*2-5H,1H3,(H,8,9,10). The highest BCUT2D eigenvalue weighted by molar-refractivity contribution is 7.86. The summed E-state index contributed by atoms with van der Waals surface area (Å²) in [6, 6.07) is 16.0. The summed E-state index contributed by atoms with van der Waals surface area (Å²) in [6.45, 7) is 13.9. The van der Waals surface area contributed by atoms with Gasteiger partial charge in [0, 0.05) is 31.1 Å². The van der Waals surface area contributed by atoms with Crippen molar-refractivity contribution in [2.75, 3.05) is 37.6 Å². The van der Waals surface area contributed by atoms with Crippen LogP contribution in [0, 0.1) is 25.1 Å². The van der Waals surface area contributed by atoms with Gasteiger partial charge in [0.2, 0.25) is 0 Å². The highest BCUT2D eigenvalue weighted by Gasteiger charge is 2.44. The van der Waals surface area contributed by atoms with E-state index >= 15 is 0 Å². The number of piperidine rings is 1. The summed E-state index contributed by atoms with van der Waals surface area (Å²) in [4.78, 5) is 25.4. The predicted octanol–water partition coefficient (Wildman–Crippen LogP) is 5.95. The zero-order chi connectivity index (χ0) is 39.0. The third-order valence-electron chi connectivity index (χ3n) is 8.93. The summed E-state index contributed by atoms with van der Waals surface area (Å²) in [6.07, 6.45) is 5.42. The minimum absolute atomic E-state index is 0.00787. The highest BCUT2D eigenvalue weighted by atomic mass is 32.2. The van der Waals surface area contributed by atoms with Crippen LogP contribution in [0.3, 0.4) is 0 Å². The quantitative estimate of drug-likeness (QED) is 0.180. The Morgan fingerprint density at radius 1 is 0.906 bits per heavy atom. The molecule has 16 heteroatoms. The number of carbonyl (C=O) groups excluding carboxylic acids is 1.